The molecule has 8 nitrogen and oxygen atoms in total. The lowest BCUT2D eigenvalue weighted by Gasteiger charge is -2.23. The van der Waals surface area contributed by atoms with Gasteiger partial charge < -0.3 is 18.8 Å². The van der Waals surface area contributed by atoms with Gasteiger partial charge in [-0.1, -0.05) is 58.4 Å². The van der Waals surface area contributed by atoms with Crippen molar-refractivity contribution in [2.75, 3.05) is 21.3 Å². The second kappa shape index (κ2) is 15.2. The van der Waals surface area contributed by atoms with Gasteiger partial charge in [0, 0.05) is 35.5 Å². The number of sulfonamides is 1. The van der Waals surface area contributed by atoms with Gasteiger partial charge in [0.15, 0.2) is 0 Å². The van der Waals surface area contributed by atoms with E-state index in [1.165, 1.54) is 23.5 Å². The molecule has 0 bridgehead atoms. The molecule has 4 aromatic carbocycles. The molecule has 1 aliphatic carbocycles. The third-order valence-electron chi connectivity index (χ3n) is 8.90. The molecule has 0 spiro atoms. The molecule has 0 radical (unpaired) electrons. The van der Waals surface area contributed by atoms with E-state index < -0.39 is 26.7 Å². The summed E-state index contributed by atoms with van der Waals surface area (Å²) in [5.41, 5.74) is 4.94. The summed E-state index contributed by atoms with van der Waals surface area (Å²) < 4.78 is 64.4. The number of hydrogen-bond acceptors (Lipinski definition) is 6. The molecule has 1 heterocycles. The highest BCUT2D eigenvalue weighted by atomic mass is 79.9. The Morgan fingerprint density at radius 3 is 1.96 bits per heavy atom. The fourth-order valence-electron chi connectivity index (χ4n) is 6.03. The lowest BCUT2D eigenvalue weighted by atomic mass is 10.1. The van der Waals surface area contributed by atoms with Crippen molar-refractivity contribution in [2.45, 2.75) is 43.8 Å². The largest absolute Gasteiger partial charge is 0.497 e. The summed E-state index contributed by atoms with van der Waals surface area (Å²) in [6.45, 7) is 0.249. The van der Waals surface area contributed by atoms with Gasteiger partial charge in [-0.25, -0.2) is 17.6 Å². The van der Waals surface area contributed by atoms with Crippen molar-refractivity contribution < 1.29 is 31.8 Å². The van der Waals surface area contributed by atoms with Crippen LogP contribution in [0.1, 0.15) is 45.6 Å². The molecule has 260 valence electrons. The standard InChI is InChI=1S/C39H38BrFN2O6S/c1-47-32-14-9-27(10-15-32)23-42(24-28-11-16-33(48-2)17-12-28)50(45,46)38-18-13-29(19-35(38)41)25-43-36(30-5-4-6-31(40)21-30)22-34(39(44)49-3)37(43)20-26-7-8-26/h4-6,9-19,21-22,26H,7-8,20,23-25H2,1-3H3. The molecule has 1 aromatic heterocycles. The van der Waals surface area contributed by atoms with Gasteiger partial charge in [-0.05, 0) is 102 Å². The number of aromatic nitrogens is 1. The fourth-order valence-corrected chi connectivity index (χ4v) is 7.89. The number of ether oxygens (including phenoxy) is 3. The van der Waals surface area contributed by atoms with Crippen LogP contribution in [0.5, 0.6) is 11.5 Å². The minimum atomic E-state index is -4.31. The summed E-state index contributed by atoms with van der Waals surface area (Å²) in [5, 5.41) is 0. The average molecular weight is 762 g/mol. The topological polar surface area (TPSA) is 87.1 Å². The Hall–Kier alpha value is -4.45. The molecule has 0 aliphatic heterocycles. The molecule has 50 heavy (non-hydrogen) atoms. The number of rotatable bonds is 14. The number of nitrogens with zero attached hydrogens (tertiary/aromatic N) is 2. The van der Waals surface area contributed by atoms with E-state index >= 15 is 4.39 Å². The summed E-state index contributed by atoms with van der Waals surface area (Å²) in [4.78, 5) is 12.5. The first kappa shape index (κ1) is 35.4. The third kappa shape index (κ3) is 7.96. The number of benzene rings is 4. The maximum Gasteiger partial charge on any atom is 0.339 e. The molecule has 0 N–H and O–H groups in total. The molecule has 11 heteroatoms. The highest BCUT2D eigenvalue weighted by Crippen LogP contribution is 2.37. The Morgan fingerprint density at radius 2 is 1.44 bits per heavy atom. The monoisotopic (exact) mass is 760 g/mol. The van der Waals surface area contributed by atoms with E-state index in [-0.39, 0.29) is 19.6 Å². The summed E-state index contributed by atoms with van der Waals surface area (Å²) in [5.74, 6) is 0.450. The number of carbonyl (C=O) groups excluding carboxylic acids is 1. The molecule has 1 fully saturated rings. The molecule has 1 aliphatic rings. The van der Waals surface area contributed by atoms with Gasteiger partial charge in [0.2, 0.25) is 10.0 Å². The van der Waals surface area contributed by atoms with Crippen molar-refractivity contribution in [3.8, 4) is 22.8 Å². The SMILES string of the molecule is COC(=O)c1cc(-c2cccc(Br)c2)n(Cc2ccc(S(=O)(=O)N(Cc3ccc(OC)cc3)Cc3ccc(OC)cc3)c(F)c2)c1CC1CC1. The molecule has 0 amide bonds. The highest BCUT2D eigenvalue weighted by Gasteiger charge is 2.31. The van der Waals surface area contributed by atoms with E-state index in [0.29, 0.717) is 35.0 Å². The van der Waals surface area contributed by atoms with Gasteiger partial charge >= 0.3 is 5.97 Å². The number of halogens is 2. The van der Waals surface area contributed by atoms with Crippen LogP contribution in [0, 0.1) is 11.7 Å². The second-order valence-electron chi connectivity index (χ2n) is 12.4. The van der Waals surface area contributed by atoms with E-state index in [0.717, 1.165) is 45.4 Å². The van der Waals surface area contributed by atoms with Gasteiger partial charge in [0.25, 0.3) is 0 Å². The second-order valence-corrected chi connectivity index (χ2v) is 15.2. The van der Waals surface area contributed by atoms with Crippen LogP contribution in [0.3, 0.4) is 0 Å². The van der Waals surface area contributed by atoms with Crippen molar-refractivity contribution in [2.24, 2.45) is 5.92 Å². The van der Waals surface area contributed by atoms with Crippen LogP contribution < -0.4 is 9.47 Å². The number of methoxy groups -OCH3 is 3. The zero-order chi connectivity index (χ0) is 35.4. The fraction of sp³-hybridized carbons (Fsp3) is 0.256. The van der Waals surface area contributed by atoms with Crippen LogP contribution in [0.2, 0.25) is 0 Å². The van der Waals surface area contributed by atoms with Crippen LogP contribution in [0.25, 0.3) is 11.3 Å². The van der Waals surface area contributed by atoms with Crippen molar-refractivity contribution in [3.05, 3.63) is 135 Å². The van der Waals surface area contributed by atoms with Crippen LogP contribution in [-0.4, -0.2) is 44.6 Å². The Morgan fingerprint density at radius 1 is 0.840 bits per heavy atom. The minimum absolute atomic E-state index is 0.0136. The van der Waals surface area contributed by atoms with Gasteiger partial charge in [-0.3, -0.25) is 0 Å². The van der Waals surface area contributed by atoms with Crippen molar-refractivity contribution in [1.82, 2.24) is 8.87 Å². The van der Waals surface area contributed by atoms with E-state index in [2.05, 4.69) is 15.9 Å². The van der Waals surface area contributed by atoms with Crippen LogP contribution >= 0.6 is 15.9 Å². The van der Waals surface area contributed by atoms with Gasteiger partial charge in [-0.15, -0.1) is 0 Å². The molecule has 6 rings (SSSR count). The first-order valence-corrected chi connectivity index (χ1v) is 18.4. The summed E-state index contributed by atoms with van der Waals surface area (Å²) in [6.07, 6.45) is 2.82. The number of hydrogen-bond donors (Lipinski definition) is 0. The Bertz CT molecular complexity index is 2040. The smallest absolute Gasteiger partial charge is 0.339 e. The summed E-state index contributed by atoms with van der Waals surface area (Å²) in [7, 11) is 0.175. The molecular formula is C39H38BrFN2O6S. The van der Waals surface area contributed by atoms with E-state index in [1.807, 2.05) is 34.9 Å². The molecule has 1 saturated carbocycles. The van der Waals surface area contributed by atoms with E-state index in [4.69, 9.17) is 14.2 Å². The van der Waals surface area contributed by atoms with E-state index in [9.17, 15) is 13.2 Å². The van der Waals surface area contributed by atoms with Crippen LogP contribution in [0.15, 0.2) is 106 Å². The predicted molar refractivity (Wildman–Crippen MR) is 193 cm³/mol. The lowest BCUT2D eigenvalue weighted by Crippen LogP contribution is -2.31. The lowest BCUT2D eigenvalue weighted by molar-refractivity contribution is 0.0599. The van der Waals surface area contributed by atoms with Gasteiger partial charge in [0.05, 0.1) is 26.9 Å². The van der Waals surface area contributed by atoms with Gasteiger partial charge in [-0.2, -0.15) is 4.31 Å². The van der Waals surface area contributed by atoms with Crippen molar-refractivity contribution in [1.29, 1.82) is 0 Å². The maximum absolute atomic E-state index is 16.1. The molecule has 5 aromatic rings. The first-order valence-electron chi connectivity index (χ1n) is 16.2. The maximum atomic E-state index is 16.1. The Kier molecular flexibility index (Phi) is 10.8. The van der Waals surface area contributed by atoms with Crippen molar-refractivity contribution >= 4 is 31.9 Å². The van der Waals surface area contributed by atoms with Crippen LogP contribution in [-0.2, 0) is 40.8 Å². The summed E-state index contributed by atoms with van der Waals surface area (Å²) >= 11 is 3.55. The molecule has 0 saturated heterocycles. The Labute approximate surface area is 300 Å². The van der Waals surface area contributed by atoms with E-state index in [1.54, 1.807) is 68.8 Å². The summed E-state index contributed by atoms with van der Waals surface area (Å²) in [6, 6.07) is 28.0. The van der Waals surface area contributed by atoms with Crippen LogP contribution in [0.4, 0.5) is 4.39 Å². The van der Waals surface area contributed by atoms with Gasteiger partial charge in [0.1, 0.15) is 22.2 Å². The molecular weight excluding hydrogens is 723 g/mol. The van der Waals surface area contributed by atoms with Crippen molar-refractivity contribution in [3.63, 3.8) is 0 Å². The first-order chi connectivity index (χ1) is 24.1. The quantitative estimate of drug-likeness (QED) is 0.106. The zero-order valence-corrected chi connectivity index (χ0v) is 30.5. The molecule has 0 atom stereocenters. The highest BCUT2D eigenvalue weighted by molar-refractivity contribution is 9.10. The average Bonchev–Trinajstić information content (AvgIpc) is 3.88. The normalized spacial score (nSPS) is 13.0. The third-order valence-corrected chi connectivity index (χ3v) is 11.2. The number of esters is 1. The minimum Gasteiger partial charge on any atom is -0.497 e. The molecule has 0 unspecified atom stereocenters. The zero-order valence-electron chi connectivity index (χ0n) is 28.1. The predicted octanol–water partition coefficient (Wildman–Crippen LogP) is 8.25. The Balaban J connectivity index is 1.36. The number of carbonyl (C=O) groups is 1.